The number of rotatable bonds is 4. The third-order valence-electron chi connectivity index (χ3n) is 3.91. The monoisotopic (exact) mass is 449 g/mol. The van der Waals surface area contributed by atoms with Gasteiger partial charge in [0.15, 0.2) is 5.69 Å². The van der Waals surface area contributed by atoms with Crippen LogP contribution in [0.25, 0.3) is 10.2 Å². The number of hydrogen-bond acceptors (Lipinski definition) is 4. The summed E-state index contributed by atoms with van der Waals surface area (Å²) in [6.07, 6.45) is -4.56. The van der Waals surface area contributed by atoms with Crippen molar-refractivity contribution >= 4 is 43.4 Å². The van der Waals surface area contributed by atoms with Gasteiger partial charge in [-0.3, -0.25) is 14.2 Å². The molecule has 0 unspecified atom stereocenters. The van der Waals surface area contributed by atoms with Crippen molar-refractivity contribution in [1.29, 1.82) is 0 Å². The molecule has 0 bridgehead atoms. The highest BCUT2D eigenvalue weighted by Crippen LogP contribution is 2.37. The second-order valence-corrected chi connectivity index (χ2v) is 7.59. The number of halogens is 4. The molecule has 26 heavy (non-hydrogen) atoms. The number of carbonyl (C=O) groups excluding carboxylic acids is 1. The molecule has 1 amide bonds. The van der Waals surface area contributed by atoms with Gasteiger partial charge in [-0.05, 0) is 35.8 Å². The van der Waals surface area contributed by atoms with E-state index < -0.39 is 17.8 Å². The van der Waals surface area contributed by atoms with Gasteiger partial charge in [0.05, 0.1) is 21.6 Å². The Morgan fingerprint density at radius 3 is 2.62 bits per heavy atom. The molecule has 6 nitrogen and oxygen atoms in total. The molecule has 0 spiro atoms. The summed E-state index contributed by atoms with van der Waals surface area (Å²) in [4.78, 5) is 12.8. The van der Waals surface area contributed by atoms with Crippen LogP contribution in [0.2, 0.25) is 0 Å². The van der Waals surface area contributed by atoms with Crippen LogP contribution in [-0.4, -0.2) is 32.0 Å². The summed E-state index contributed by atoms with van der Waals surface area (Å²) in [5, 5.41) is 10.5. The molecule has 3 aromatic rings. The van der Waals surface area contributed by atoms with E-state index in [9.17, 15) is 18.0 Å². The maximum Gasteiger partial charge on any atom is 0.435 e. The zero-order valence-corrected chi connectivity index (χ0v) is 16.5. The zero-order chi connectivity index (χ0) is 19.2. The molecule has 140 valence electrons. The zero-order valence-electron chi connectivity index (χ0n) is 14.1. The molecule has 0 aliphatic rings. The molecule has 11 heteroatoms. The quantitative estimate of drug-likeness (QED) is 0.660. The molecule has 0 aliphatic carbocycles. The summed E-state index contributed by atoms with van der Waals surface area (Å²) in [6, 6.07) is 1.24. The summed E-state index contributed by atoms with van der Waals surface area (Å²) in [5.74, 6) is -0.417. The molecular formula is C15H15BrF3N5OS. The Labute approximate surface area is 159 Å². The van der Waals surface area contributed by atoms with Crippen molar-refractivity contribution < 1.29 is 18.0 Å². The number of nitrogens with one attached hydrogen (secondary N) is 1. The first-order valence-corrected chi connectivity index (χ1v) is 9.22. The van der Waals surface area contributed by atoms with Gasteiger partial charge in [-0.1, -0.05) is 0 Å². The number of fused-ring (bicyclic) bond motifs is 1. The maximum absolute atomic E-state index is 13.0. The summed E-state index contributed by atoms with van der Waals surface area (Å²) in [6.45, 7) is 4.55. The summed E-state index contributed by atoms with van der Waals surface area (Å²) in [5.41, 5.74) is 0.822. The number of aromatic nitrogens is 4. The minimum absolute atomic E-state index is 0.0578. The highest BCUT2D eigenvalue weighted by Gasteiger charge is 2.37. The molecule has 3 heterocycles. The van der Waals surface area contributed by atoms with Crippen molar-refractivity contribution in [3.05, 3.63) is 32.5 Å². The molecule has 0 aliphatic heterocycles. The third kappa shape index (κ3) is 3.37. The van der Waals surface area contributed by atoms with Crippen molar-refractivity contribution in [1.82, 2.24) is 24.9 Å². The predicted octanol–water partition coefficient (Wildman–Crippen LogP) is 3.66. The average Bonchev–Trinajstić information content (AvgIpc) is 3.18. The Morgan fingerprint density at radius 2 is 2.04 bits per heavy atom. The first-order chi connectivity index (χ1) is 12.1. The van der Waals surface area contributed by atoms with Crippen LogP contribution in [0.3, 0.4) is 0 Å². The minimum atomic E-state index is -4.56. The number of hydrogen-bond donors (Lipinski definition) is 1. The first-order valence-electron chi connectivity index (χ1n) is 7.61. The van der Waals surface area contributed by atoms with Gasteiger partial charge in [-0.2, -0.15) is 23.4 Å². The number of alkyl halides is 3. The van der Waals surface area contributed by atoms with E-state index in [4.69, 9.17) is 0 Å². The fraction of sp³-hybridized carbons (Fsp3) is 0.400. The Hall–Kier alpha value is -1.88. The second kappa shape index (κ2) is 6.69. The Morgan fingerprint density at radius 1 is 1.35 bits per heavy atom. The van der Waals surface area contributed by atoms with Crippen molar-refractivity contribution in [3.8, 4) is 0 Å². The van der Waals surface area contributed by atoms with Gasteiger partial charge >= 0.3 is 6.18 Å². The number of thiophene rings is 1. The van der Waals surface area contributed by atoms with Gasteiger partial charge in [0, 0.05) is 24.7 Å². The van der Waals surface area contributed by atoms with Gasteiger partial charge in [0.25, 0.3) is 5.91 Å². The second-order valence-electron chi connectivity index (χ2n) is 5.76. The van der Waals surface area contributed by atoms with Gasteiger partial charge in [-0.25, -0.2) is 0 Å². The predicted molar refractivity (Wildman–Crippen MR) is 95.3 cm³/mol. The normalized spacial score (nSPS) is 12.1. The highest BCUT2D eigenvalue weighted by atomic mass is 79.9. The molecule has 0 atom stereocenters. The van der Waals surface area contributed by atoms with E-state index >= 15 is 0 Å². The molecule has 0 saturated heterocycles. The lowest BCUT2D eigenvalue weighted by Gasteiger charge is -2.06. The van der Waals surface area contributed by atoms with Crippen LogP contribution in [0.4, 0.5) is 13.2 Å². The molecule has 0 fully saturated rings. The molecule has 0 aromatic carbocycles. The van der Waals surface area contributed by atoms with Crippen LogP contribution in [0.1, 0.15) is 26.8 Å². The van der Waals surface area contributed by atoms with E-state index in [0.717, 1.165) is 31.9 Å². The Kier molecular flexibility index (Phi) is 4.86. The van der Waals surface area contributed by atoms with Gasteiger partial charge in [0.1, 0.15) is 4.83 Å². The lowest BCUT2D eigenvalue weighted by molar-refractivity contribution is -0.140. The van der Waals surface area contributed by atoms with Crippen LogP contribution in [0.15, 0.2) is 10.5 Å². The maximum atomic E-state index is 13.0. The Bertz CT molecular complexity index is 988. The number of aryl methyl sites for hydroxylation is 2. The van der Waals surface area contributed by atoms with Gasteiger partial charge in [-0.15, -0.1) is 11.3 Å². The minimum Gasteiger partial charge on any atom is -0.349 e. The van der Waals surface area contributed by atoms with Gasteiger partial charge < -0.3 is 5.32 Å². The van der Waals surface area contributed by atoms with Crippen LogP contribution in [-0.2, 0) is 19.8 Å². The van der Waals surface area contributed by atoms with Gasteiger partial charge in [0.2, 0.25) is 0 Å². The SMILES string of the molecule is Cc1nn(CCNC(=O)c2cc3c(C(F)(F)F)nn(C)c3s2)c(C)c1Br. The Balaban J connectivity index is 1.73. The van der Waals surface area contributed by atoms with Crippen LogP contribution >= 0.6 is 27.3 Å². The third-order valence-corrected chi connectivity index (χ3v) is 6.25. The van der Waals surface area contributed by atoms with Crippen molar-refractivity contribution in [2.75, 3.05) is 6.54 Å². The fourth-order valence-corrected chi connectivity index (χ4v) is 3.89. The summed E-state index contributed by atoms with van der Waals surface area (Å²) >= 11 is 4.42. The smallest absolute Gasteiger partial charge is 0.349 e. The van der Waals surface area contributed by atoms with Crippen molar-refractivity contribution in [2.45, 2.75) is 26.6 Å². The molecule has 1 N–H and O–H groups in total. The molecule has 0 radical (unpaired) electrons. The number of carbonyl (C=O) groups is 1. The standard InChI is InChI=1S/C15H15BrF3N5OS/c1-7-11(16)8(2)24(21-7)5-4-20-13(25)10-6-9-12(15(17,18)19)22-23(3)14(9)26-10/h6H,4-5H2,1-3H3,(H,20,25). The average molecular weight is 450 g/mol. The van der Waals surface area contributed by atoms with Crippen LogP contribution in [0.5, 0.6) is 0 Å². The molecular weight excluding hydrogens is 435 g/mol. The van der Waals surface area contributed by atoms with Crippen LogP contribution in [0, 0.1) is 13.8 Å². The molecule has 3 aromatic heterocycles. The fourth-order valence-electron chi connectivity index (χ4n) is 2.62. The largest absolute Gasteiger partial charge is 0.435 e. The lowest BCUT2D eigenvalue weighted by Crippen LogP contribution is -2.27. The van der Waals surface area contributed by atoms with E-state index in [1.54, 1.807) is 4.68 Å². The molecule has 3 rings (SSSR count). The summed E-state index contributed by atoms with van der Waals surface area (Å²) in [7, 11) is 1.43. The number of nitrogens with zero attached hydrogens (tertiary/aromatic N) is 4. The van der Waals surface area contributed by atoms with E-state index in [1.165, 1.54) is 13.1 Å². The van der Waals surface area contributed by atoms with E-state index in [0.29, 0.717) is 17.9 Å². The van der Waals surface area contributed by atoms with Crippen molar-refractivity contribution in [3.63, 3.8) is 0 Å². The topological polar surface area (TPSA) is 64.7 Å². The first kappa shape index (κ1) is 18.9. The highest BCUT2D eigenvalue weighted by molar-refractivity contribution is 9.10. The van der Waals surface area contributed by atoms with E-state index in [2.05, 4.69) is 31.4 Å². The molecule has 0 saturated carbocycles. The van der Waals surface area contributed by atoms with Crippen LogP contribution < -0.4 is 5.32 Å². The van der Waals surface area contributed by atoms with E-state index in [1.807, 2.05) is 13.8 Å². The van der Waals surface area contributed by atoms with E-state index in [-0.39, 0.29) is 10.3 Å². The number of amides is 1. The van der Waals surface area contributed by atoms with Crippen molar-refractivity contribution in [2.24, 2.45) is 7.05 Å². The summed E-state index contributed by atoms with van der Waals surface area (Å²) < 4.78 is 42.9. The lowest BCUT2D eigenvalue weighted by atomic mass is 10.3.